The van der Waals surface area contributed by atoms with Crippen molar-refractivity contribution >= 4 is 0 Å². The standard InChI is InChI=1S/C17H34N2/c1-14(2)16-6-9-17(13-18,10-7-16)19-11-4-5-15(3)8-12-19/h14-16H,4-13,18H2,1-3H3. The Balaban J connectivity index is 1.99. The van der Waals surface area contributed by atoms with Crippen LogP contribution < -0.4 is 5.73 Å². The monoisotopic (exact) mass is 266 g/mol. The molecule has 112 valence electrons. The zero-order chi connectivity index (χ0) is 13.9. The average Bonchev–Trinajstić information content (AvgIpc) is 2.64. The minimum atomic E-state index is 0.343. The SMILES string of the molecule is CC1CCCN(C2(CN)CCC(C(C)C)CC2)CC1. The predicted octanol–water partition coefficient (Wildman–Crippen LogP) is 3.65. The average molecular weight is 266 g/mol. The topological polar surface area (TPSA) is 29.3 Å². The first-order valence-electron chi connectivity index (χ1n) is 8.52. The summed E-state index contributed by atoms with van der Waals surface area (Å²) < 4.78 is 0. The molecule has 1 aliphatic heterocycles. The number of nitrogens with zero attached hydrogens (tertiary/aromatic N) is 1. The van der Waals surface area contributed by atoms with Crippen molar-refractivity contribution in [3.63, 3.8) is 0 Å². The summed E-state index contributed by atoms with van der Waals surface area (Å²) in [6.07, 6.45) is 9.60. The number of hydrogen-bond donors (Lipinski definition) is 1. The molecule has 0 radical (unpaired) electrons. The van der Waals surface area contributed by atoms with Gasteiger partial charge in [-0.1, -0.05) is 20.8 Å². The molecule has 1 aliphatic carbocycles. The predicted molar refractivity (Wildman–Crippen MR) is 83.2 cm³/mol. The second kappa shape index (κ2) is 6.58. The molecular weight excluding hydrogens is 232 g/mol. The van der Waals surface area contributed by atoms with Crippen molar-refractivity contribution in [2.45, 2.75) is 71.3 Å². The van der Waals surface area contributed by atoms with Gasteiger partial charge in [-0.05, 0) is 75.8 Å². The Morgan fingerprint density at radius 2 is 1.79 bits per heavy atom. The summed E-state index contributed by atoms with van der Waals surface area (Å²) >= 11 is 0. The van der Waals surface area contributed by atoms with Crippen LogP contribution in [-0.4, -0.2) is 30.1 Å². The smallest absolute Gasteiger partial charge is 0.0331 e. The minimum absolute atomic E-state index is 0.343. The maximum Gasteiger partial charge on any atom is 0.0331 e. The molecule has 2 aliphatic rings. The number of rotatable bonds is 3. The molecule has 0 aromatic carbocycles. The van der Waals surface area contributed by atoms with E-state index in [1.165, 1.54) is 58.0 Å². The highest BCUT2D eigenvalue weighted by molar-refractivity contribution is 4.97. The van der Waals surface area contributed by atoms with Crippen LogP contribution in [0, 0.1) is 17.8 Å². The number of nitrogens with two attached hydrogens (primary N) is 1. The van der Waals surface area contributed by atoms with Crippen LogP contribution in [0.25, 0.3) is 0 Å². The van der Waals surface area contributed by atoms with Gasteiger partial charge in [0.05, 0.1) is 0 Å². The Morgan fingerprint density at radius 1 is 1.11 bits per heavy atom. The van der Waals surface area contributed by atoms with E-state index in [0.717, 1.165) is 24.3 Å². The lowest BCUT2D eigenvalue weighted by molar-refractivity contribution is 0.0367. The Morgan fingerprint density at radius 3 is 2.37 bits per heavy atom. The van der Waals surface area contributed by atoms with Crippen LogP contribution >= 0.6 is 0 Å². The van der Waals surface area contributed by atoms with Crippen molar-refractivity contribution < 1.29 is 0 Å². The molecule has 2 heteroatoms. The maximum absolute atomic E-state index is 6.23. The van der Waals surface area contributed by atoms with Crippen LogP contribution in [0.1, 0.15) is 65.7 Å². The zero-order valence-electron chi connectivity index (χ0n) is 13.3. The fraction of sp³-hybridized carbons (Fsp3) is 1.00. The van der Waals surface area contributed by atoms with Crippen LogP contribution in [0.4, 0.5) is 0 Å². The van der Waals surface area contributed by atoms with E-state index in [1.807, 2.05) is 0 Å². The van der Waals surface area contributed by atoms with E-state index in [9.17, 15) is 0 Å². The van der Waals surface area contributed by atoms with E-state index in [2.05, 4.69) is 25.7 Å². The summed E-state index contributed by atoms with van der Waals surface area (Å²) in [5, 5.41) is 0. The van der Waals surface area contributed by atoms with Gasteiger partial charge < -0.3 is 5.73 Å². The molecule has 1 saturated carbocycles. The second-order valence-corrected chi connectivity index (χ2v) is 7.53. The van der Waals surface area contributed by atoms with Gasteiger partial charge in [-0.3, -0.25) is 4.90 Å². The summed E-state index contributed by atoms with van der Waals surface area (Å²) in [7, 11) is 0. The van der Waals surface area contributed by atoms with E-state index in [0.29, 0.717) is 5.54 Å². The van der Waals surface area contributed by atoms with E-state index < -0.39 is 0 Å². The third-order valence-electron chi connectivity index (χ3n) is 5.97. The van der Waals surface area contributed by atoms with Crippen molar-refractivity contribution in [3.05, 3.63) is 0 Å². The minimum Gasteiger partial charge on any atom is -0.329 e. The molecule has 2 N–H and O–H groups in total. The van der Waals surface area contributed by atoms with Gasteiger partial charge in [0.2, 0.25) is 0 Å². The van der Waals surface area contributed by atoms with Crippen LogP contribution in [0.3, 0.4) is 0 Å². The number of likely N-dealkylation sites (tertiary alicyclic amines) is 1. The van der Waals surface area contributed by atoms with Crippen molar-refractivity contribution in [1.82, 2.24) is 4.90 Å². The molecule has 19 heavy (non-hydrogen) atoms. The third-order valence-corrected chi connectivity index (χ3v) is 5.97. The quantitative estimate of drug-likeness (QED) is 0.845. The molecule has 0 spiro atoms. The fourth-order valence-electron chi connectivity index (χ4n) is 4.23. The lowest BCUT2D eigenvalue weighted by atomic mass is 9.72. The van der Waals surface area contributed by atoms with Crippen LogP contribution in [0.5, 0.6) is 0 Å². The van der Waals surface area contributed by atoms with Crippen LogP contribution in [0.15, 0.2) is 0 Å². The molecule has 0 amide bonds. The Kier molecular flexibility index (Phi) is 5.30. The van der Waals surface area contributed by atoms with Gasteiger partial charge >= 0.3 is 0 Å². The zero-order valence-corrected chi connectivity index (χ0v) is 13.3. The first kappa shape index (κ1) is 15.3. The summed E-state index contributed by atoms with van der Waals surface area (Å²) in [4.78, 5) is 2.77. The molecule has 0 aromatic rings. The fourth-order valence-corrected chi connectivity index (χ4v) is 4.23. The molecule has 1 saturated heterocycles. The van der Waals surface area contributed by atoms with Gasteiger partial charge in [0.1, 0.15) is 0 Å². The molecule has 0 bridgehead atoms. The van der Waals surface area contributed by atoms with Crippen LogP contribution in [-0.2, 0) is 0 Å². The van der Waals surface area contributed by atoms with Crippen molar-refractivity contribution in [3.8, 4) is 0 Å². The first-order valence-corrected chi connectivity index (χ1v) is 8.52. The molecule has 2 fully saturated rings. The van der Waals surface area contributed by atoms with Crippen molar-refractivity contribution in [2.24, 2.45) is 23.5 Å². The molecule has 0 aromatic heterocycles. The first-order chi connectivity index (χ1) is 9.07. The summed E-state index contributed by atoms with van der Waals surface area (Å²) in [5.74, 6) is 2.69. The highest BCUT2D eigenvalue weighted by atomic mass is 15.2. The molecular formula is C17H34N2. The van der Waals surface area contributed by atoms with Gasteiger partial charge in [0.25, 0.3) is 0 Å². The molecule has 2 rings (SSSR count). The Hall–Kier alpha value is -0.0800. The maximum atomic E-state index is 6.23. The van der Waals surface area contributed by atoms with Gasteiger partial charge in [0.15, 0.2) is 0 Å². The Labute approximate surface area is 120 Å². The lowest BCUT2D eigenvalue weighted by Gasteiger charge is -2.48. The highest BCUT2D eigenvalue weighted by Gasteiger charge is 2.39. The Bertz CT molecular complexity index is 266. The largest absolute Gasteiger partial charge is 0.329 e. The van der Waals surface area contributed by atoms with Crippen molar-refractivity contribution in [1.29, 1.82) is 0 Å². The molecule has 1 heterocycles. The summed E-state index contributed by atoms with van der Waals surface area (Å²) in [5.41, 5.74) is 6.58. The number of hydrogen-bond acceptors (Lipinski definition) is 2. The van der Waals surface area contributed by atoms with E-state index in [-0.39, 0.29) is 0 Å². The van der Waals surface area contributed by atoms with Gasteiger partial charge in [-0.25, -0.2) is 0 Å². The molecule has 1 atom stereocenters. The van der Waals surface area contributed by atoms with Crippen LogP contribution in [0.2, 0.25) is 0 Å². The van der Waals surface area contributed by atoms with Gasteiger partial charge in [-0.2, -0.15) is 0 Å². The second-order valence-electron chi connectivity index (χ2n) is 7.53. The highest BCUT2D eigenvalue weighted by Crippen LogP contribution is 2.39. The molecule has 1 unspecified atom stereocenters. The lowest BCUT2D eigenvalue weighted by Crippen LogP contribution is -2.56. The van der Waals surface area contributed by atoms with E-state index >= 15 is 0 Å². The van der Waals surface area contributed by atoms with Gasteiger partial charge in [0, 0.05) is 12.1 Å². The third kappa shape index (κ3) is 3.52. The normalized spacial score (nSPS) is 38.4. The summed E-state index contributed by atoms with van der Waals surface area (Å²) in [6.45, 7) is 10.6. The van der Waals surface area contributed by atoms with E-state index in [4.69, 9.17) is 5.73 Å². The van der Waals surface area contributed by atoms with Crippen molar-refractivity contribution in [2.75, 3.05) is 19.6 Å². The van der Waals surface area contributed by atoms with Gasteiger partial charge in [-0.15, -0.1) is 0 Å². The van der Waals surface area contributed by atoms with E-state index in [1.54, 1.807) is 0 Å². The summed E-state index contributed by atoms with van der Waals surface area (Å²) in [6, 6.07) is 0. The molecule has 2 nitrogen and oxygen atoms in total.